The summed E-state index contributed by atoms with van der Waals surface area (Å²) >= 11 is 5.92. The van der Waals surface area contributed by atoms with Crippen LogP contribution in [0, 0.1) is 0 Å². The molecule has 17 heavy (non-hydrogen) atoms. The van der Waals surface area contributed by atoms with Crippen molar-refractivity contribution in [2.75, 3.05) is 17.6 Å². The largest absolute Gasteiger partial charge is 0.369 e. The molecule has 6 nitrogen and oxygen atoms in total. The molecule has 3 N–H and O–H groups in total. The van der Waals surface area contributed by atoms with Crippen LogP contribution in [0.4, 0.5) is 11.8 Å². The molecular formula is C10H13ClN6. The molecule has 0 aromatic carbocycles. The van der Waals surface area contributed by atoms with Gasteiger partial charge in [0, 0.05) is 25.5 Å². The van der Waals surface area contributed by atoms with Crippen molar-refractivity contribution in [1.29, 1.82) is 0 Å². The Bertz CT molecular complexity index is 470. The number of nitrogens with zero attached hydrogens (tertiary/aromatic N) is 4. The third kappa shape index (κ3) is 3.32. The molecular weight excluding hydrogens is 240 g/mol. The molecule has 0 amide bonds. The van der Waals surface area contributed by atoms with Crippen molar-refractivity contribution < 1.29 is 0 Å². The maximum atomic E-state index is 5.92. The van der Waals surface area contributed by atoms with Gasteiger partial charge >= 0.3 is 0 Å². The summed E-state index contributed by atoms with van der Waals surface area (Å²) in [5, 5.41) is 3.59. The third-order valence-corrected chi connectivity index (χ3v) is 2.48. The highest BCUT2D eigenvalue weighted by atomic mass is 35.5. The van der Waals surface area contributed by atoms with Crippen molar-refractivity contribution in [3.05, 3.63) is 29.9 Å². The molecule has 0 aliphatic carbocycles. The van der Waals surface area contributed by atoms with Crippen LogP contribution >= 0.6 is 11.6 Å². The minimum atomic E-state index is 0.214. The van der Waals surface area contributed by atoms with Gasteiger partial charge in [-0.2, -0.15) is 4.98 Å². The van der Waals surface area contributed by atoms with Gasteiger partial charge in [-0.25, -0.2) is 9.97 Å². The Kier molecular flexibility index (Phi) is 3.77. The van der Waals surface area contributed by atoms with Crippen LogP contribution in [-0.2, 0) is 6.54 Å². The van der Waals surface area contributed by atoms with Crippen LogP contribution in [0.2, 0.25) is 5.02 Å². The Morgan fingerprint density at radius 1 is 1.47 bits per heavy atom. The van der Waals surface area contributed by atoms with Crippen molar-refractivity contribution in [2.24, 2.45) is 0 Å². The molecule has 0 unspecified atom stereocenters. The van der Waals surface area contributed by atoms with E-state index in [1.165, 1.54) is 6.20 Å². The van der Waals surface area contributed by atoms with E-state index in [-0.39, 0.29) is 5.95 Å². The fourth-order valence-electron chi connectivity index (χ4n) is 1.39. The van der Waals surface area contributed by atoms with E-state index in [4.69, 9.17) is 17.3 Å². The first-order valence-corrected chi connectivity index (χ1v) is 5.61. The van der Waals surface area contributed by atoms with Crippen LogP contribution in [0.3, 0.4) is 0 Å². The molecule has 0 atom stereocenters. The standard InChI is InChI=1S/C10H13ClN6/c11-8-6-15-10(12)16-9(8)14-2-1-4-17-5-3-13-7-17/h3,5-7H,1-2,4H2,(H3,12,14,15,16). The lowest BCUT2D eigenvalue weighted by molar-refractivity contribution is 0.660. The van der Waals surface area contributed by atoms with Gasteiger partial charge in [0.15, 0.2) is 0 Å². The lowest BCUT2D eigenvalue weighted by atomic mass is 10.4. The smallest absolute Gasteiger partial charge is 0.222 e. The zero-order chi connectivity index (χ0) is 12.1. The van der Waals surface area contributed by atoms with Crippen LogP contribution < -0.4 is 11.1 Å². The second kappa shape index (κ2) is 5.49. The topological polar surface area (TPSA) is 81.6 Å². The summed E-state index contributed by atoms with van der Waals surface area (Å²) in [5.41, 5.74) is 5.48. The highest BCUT2D eigenvalue weighted by Crippen LogP contribution is 2.17. The zero-order valence-corrected chi connectivity index (χ0v) is 9.93. The van der Waals surface area contributed by atoms with E-state index in [0.717, 1.165) is 19.5 Å². The number of nitrogens with one attached hydrogen (secondary N) is 1. The number of rotatable bonds is 5. The van der Waals surface area contributed by atoms with Crippen molar-refractivity contribution in [1.82, 2.24) is 19.5 Å². The number of aromatic nitrogens is 4. The van der Waals surface area contributed by atoms with Crippen LogP contribution in [0.15, 0.2) is 24.9 Å². The van der Waals surface area contributed by atoms with E-state index < -0.39 is 0 Å². The summed E-state index contributed by atoms with van der Waals surface area (Å²) in [6.07, 6.45) is 7.90. The molecule has 2 aromatic rings. The van der Waals surface area contributed by atoms with Crippen molar-refractivity contribution in [2.45, 2.75) is 13.0 Å². The van der Waals surface area contributed by atoms with Gasteiger partial charge in [-0.1, -0.05) is 11.6 Å². The van der Waals surface area contributed by atoms with Crippen LogP contribution in [0.25, 0.3) is 0 Å². The Morgan fingerprint density at radius 2 is 2.35 bits per heavy atom. The number of anilines is 2. The average molecular weight is 253 g/mol. The Hall–Kier alpha value is -1.82. The van der Waals surface area contributed by atoms with Gasteiger partial charge in [-0.05, 0) is 6.42 Å². The summed E-state index contributed by atoms with van der Waals surface area (Å²) in [7, 11) is 0. The third-order valence-electron chi connectivity index (χ3n) is 2.21. The normalized spacial score (nSPS) is 10.4. The number of aryl methyl sites for hydroxylation is 1. The van der Waals surface area contributed by atoms with Gasteiger partial charge in [-0.15, -0.1) is 0 Å². The Balaban J connectivity index is 1.80. The fraction of sp³-hybridized carbons (Fsp3) is 0.300. The van der Waals surface area contributed by atoms with Crippen molar-refractivity contribution >= 4 is 23.4 Å². The molecule has 0 saturated heterocycles. The van der Waals surface area contributed by atoms with E-state index in [1.54, 1.807) is 12.5 Å². The lowest BCUT2D eigenvalue weighted by Gasteiger charge is -2.07. The van der Waals surface area contributed by atoms with Crippen LogP contribution in [-0.4, -0.2) is 26.1 Å². The van der Waals surface area contributed by atoms with Crippen molar-refractivity contribution in [3.8, 4) is 0 Å². The first-order chi connectivity index (χ1) is 8.25. The molecule has 0 bridgehead atoms. The van der Waals surface area contributed by atoms with E-state index in [0.29, 0.717) is 10.8 Å². The van der Waals surface area contributed by atoms with Gasteiger partial charge in [0.25, 0.3) is 0 Å². The van der Waals surface area contributed by atoms with Crippen LogP contribution in [0.5, 0.6) is 0 Å². The number of hydrogen-bond acceptors (Lipinski definition) is 5. The summed E-state index contributed by atoms with van der Waals surface area (Å²) in [6, 6.07) is 0. The van der Waals surface area contributed by atoms with Gasteiger partial charge < -0.3 is 15.6 Å². The Labute approximate surface area is 104 Å². The number of nitrogens with two attached hydrogens (primary N) is 1. The minimum Gasteiger partial charge on any atom is -0.369 e. The number of imidazole rings is 1. The fourth-order valence-corrected chi connectivity index (χ4v) is 1.55. The van der Waals surface area contributed by atoms with Crippen molar-refractivity contribution in [3.63, 3.8) is 0 Å². The quantitative estimate of drug-likeness (QED) is 0.787. The average Bonchev–Trinajstić information content (AvgIpc) is 2.82. The first-order valence-electron chi connectivity index (χ1n) is 5.23. The molecule has 0 spiro atoms. The number of hydrogen-bond donors (Lipinski definition) is 2. The summed E-state index contributed by atoms with van der Waals surface area (Å²) in [4.78, 5) is 11.8. The minimum absolute atomic E-state index is 0.214. The molecule has 0 aliphatic heterocycles. The molecule has 7 heteroatoms. The predicted molar refractivity (Wildman–Crippen MR) is 66.8 cm³/mol. The van der Waals surface area contributed by atoms with E-state index in [1.807, 2.05) is 10.8 Å². The SMILES string of the molecule is Nc1ncc(Cl)c(NCCCn2ccnc2)n1. The molecule has 2 heterocycles. The zero-order valence-electron chi connectivity index (χ0n) is 9.17. The van der Waals surface area contributed by atoms with Gasteiger partial charge in [0.05, 0.1) is 12.5 Å². The van der Waals surface area contributed by atoms with E-state index in [9.17, 15) is 0 Å². The van der Waals surface area contributed by atoms with E-state index in [2.05, 4.69) is 20.3 Å². The molecule has 0 aliphatic rings. The molecule has 0 saturated carbocycles. The lowest BCUT2D eigenvalue weighted by Crippen LogP contribution is -2.08. The first kappa shape index (κ1) is 11.7. The maximum Gasteiger partial charge on any atom is 0.222 e. The highest BCUT2D eigenvalue weighted by molar-refractivity contribution is 6.32. The second-order valence-corrected chi connectivity index (χ2v) is 3.91. The molecule has 0 radical (unpaired) electrons. The molecule has 0 fully saturated rings. The highest BCUT2D eigenvalue weighted by Gasteiger charge is 2.02. The van der Waals surface area contributed by atoms with Crippen LogP contribution in [0.1, 0.15) is 6.42 Å². The van der Waals surface area contributed by atoms with E-state index >= 15 is 0 Å². The van der Waals surface area contributed by atoms with Gasteiger partial charge in [0.2, 0.25) is 5.95 Å². The second-order valence-electron chi connectivity index (χ2n) is 3.51. The molecule has 2 rings (SSSR count). The monoisotopic (exact) mass is 252 g/mol. The molecule has 90 valence electrons. The molecule has 2 aromatic heterocycles. The predicted octanol–water partition coefficient (Wildman–Crippen LogP) is 1.41. The summed E-state index contributed by atoms with van der Waals surface area (Å²) in [6.45, 7) is 1.65. The maximum absolute atomic E-state index is 5.92. The number of halogens is 1. The Morgan fingerprint density at radius 3 is 3.12 bits per heavy atom. The van der Waals surface area contributed by atoms with Gasteiger partial charge in [0.1, 0.15) is 10.8 Å². The van der Waals surface area contributed by atoms with Gasteiger partial charge in [-0.3, -0.25) is 0 Å². The summed E-state index contributed by atoms with van der Waals surface area (Å²) in [5.74, 6) is 0.788. The summed E-state index contributed by atoms with van der Waals surface area (Å²) < 4.78 is 2.01. The number of nitrogen functional groups attached to an aromatic ring is 1.